The number of fused-ring (bicyclic) bond motifs is 1. The minimum Gasteiger partial charge on any atom is -0.357 e. The summed E-state index contributed by atoms with van der Waals surface area (Å²) in [6.45, 7) is 2.11. The molecule has 1 saturated heterocycles. The molecule has 0 atom stereocenters. The average Bonchev–Trinajstić information content (AvgIpc) is 3.31. The van der Waals surface area contributed by atoms with Gasteiger partial charge in [-0.3, -0.25) is 0 Å². The second-order valence-corrected chi connectivity index (χ2v) is 9.56. The van der Waals surface area contributed by atoms with E-state index in [9.17, 15) is 0 Å². The molecule has 9 heteroatoms. The number of hydrogen-bond acceptors (Lipinski definition) is 6. The van der Waals surface area contributed by atoms with Crippen molar-refractivity contribution in [2.75, 3.05) is 23.3 Å². The van der Waals surface area contributed by atoms with Gasteiger partial charge in [0.2, 0.25) is 0 Å². The summed E-state index contributed by atoms with van der Waals surface area (Å²) in [4.78, 5) is 16.1. The second-order valence-electron chi connectivity index (χ2n) is 8.72. The summed E-state index contributed by atoms with van der Waals surface area (Å²) in [5.41, 5.74) is 4.63. The summed E-state index contributed by atoms with van der Waals surface area (Å²) in [5, 5.41) is 9.54. The zero-order valence-electron chi connectivity index (χ0n) is 19.4. The van der Waals surface area contributed by atoms with E-state index >= 15 is 0 Å². The normalized spacial score (nSPS) is 13.8. The number of rotatable bonds is 5. The zero-order valence-corrected chi connectivity index (χ0v) is 20.9. The van der Waals surface area contributed by atoms with Gasteiger partial charge in [-0.2, -0.15) is 5.10 Å². The Balaban J connectivity index is 1.43. The highest BCUT2D eigenvalue weighted by Crippen LogP contribution is 2.35. The summed E-state index contributed by atoms with van der Waals surface area (Å²) >= 11 is 12.7. The second kappa shape index (κ2) is 9.76. The summed E-state index contributed by atoms with van der Waals surface area (Å²) in [6, 6.07) is 19.3. The maximum Gasteiger partial charge on any atom is 0.162 e. The molecule has 1 N–H and O–H groups in total. The highest BCUT2D eigenvalue weighted by molar-refractivity contribution is 6.32. The van der Waals surface area contributed by atoms with E-state index in [4.69, 9.17) is 28.3 Å². The van der Waals surface area contributed by atoms with Crippen LogP contribution in [0.5, 0.6) is 0 Å². The van der Waals surface area contributed by atoms with Crippen LogP contribution in [0, 0.1) is 0 Å². The van der Waals surface area contributed by atoms with Crippen LogP contribution in [0.1, 0.15) is 19.3 Å². The van der Waals surface area contributed by atoms with Gasteiger partial charge in [0, 0.05) is 23.7 Å². The van der Waals surface area contributed by atoms with Gasteiger partial charge in [-0.15, -0.1) is 0 Å². The van der Waals surface area contributed by atoms with Gasteiger partial charge in [-0.05, 0) is 55.7 Å². The van der Waals surface area contributed by atoms with Crippen molar-refractivity contribution in [1.29, 1.82) is 0 Å². The Bertz CT molecular complexity index is 1510. The Morgan fingerprint density at radius 3 is 2.33 bits per heavy atom. The van der Waals surface area contributed by atoms with Crippen molar-refractivity contribution in [3.8, 4) is 16.9 Å². The van der Waals surface area contributed by atoms with Crippen molar-refractivity contribution in [2.24, 2.45) is 0 Å². The first-order valence-corrected chi connectivity index (χ1v) is 12.7. The van der Waals surface area contributed by atoms with Crippen LogP contribution in [0.15, 0.2) is 73.2 Å². The first-order valence-electron chi connectivity index (χ1n) is 11.9. The van der Waals surface area contributed by atoms with Gasteiger partial charge in [0.1, 0.15) is 23.4 Å². The van der Waals surface area contributed by atoms with Gasteiger partial charge in [0.05, 0.1) is 22.6 Å². The Morgan fingerprint density at radius 2 is 1.58 bits per heavy atom. The zero-order chi connectivity index (χ0) is 24.5. The largest absolute Gasteiger partial charge is 0.357 e. The quantitative estimate of drug-likeness (QED) is 0.274. The number of hydrogen-bond donors (Lipinski definition) is 1. The van der Waals surface area contributed by atoms with Crippen LogP contribution in [0.25, 0.3) is 28.0 Å². The van der Waals surface area contributed by atoms with E-state index in [1.54, 1.807) is 0 Å². The molecule has 0 bridgehead atoms. The van der Waals surface area contributed by atoms with Gasteiger partial charge in [-0.25, -0.2) is 19.6 Å². The molecule has 1 fully saturated rings. The fourth-order valence-corrected chi connectivity index (χ4v) is 4.90. The maximum absolute atomic E-state index is 6.57. The van der Waals surface area contributed by atoms with Crippen LogP contribution in [0.3, 0.4) is 0 Å². The van der Waals surface area contributed by atoms with Gasteiger partial charge >= 0.3 is 0 Å². The van der Waals surface area contributed by atoms with E-state index in [1.807, 2.05) is 71.5 Å². The lowest BCUT2D eigenvalue weighted by atomic mass is 10.1. The molecule has 3 aromatic heterocycles. The Labute approximate surface area is 218 Å². The maximum atomic E-state index is 6.57. The standard InChI is InChI=1S/C27H23Cl2N7/c28-19-10-8-18(9-11-19)26-24-25(34-36(26)22-7-3-2-6-21(22)29)27(32-17-31-24)33-20-12-13-23(30-16-20)35-14-4-1-5-15-35/h2-3,6-13,16-17H,1,4-5,14-15H2,(H,31,32,33). The molecule has 0 saturated carbocycles. The van der Waals surface area contributed by atoms with E-state index in [-0.39, 0.29) is 0 Å². The van der Waals surface area contributed by atoms with Crippen molar-refractivity contribution in [2.45, 2.75) is 19.3 Å². The fraction of sp³-hybridized carbons (Fsp3) is 0.185. The molecular weight excluding hydrogens is 493 g/mol. The third kappa shape index (κ3) is 4.36. The molecule has 7 nitrogen and oxygen atoms in total. The third-order valence-corrected chi connectivity index (χ3v) is 6.92. The smallest absolute Gasteiger partial charge is 0.162 e. The molecule has 0 radical (unpaired) electrons. The first kappa shape index (κ1) is 22.8. The van der Waals surface area contributed by atoms with E-state index in [2.05, 4.69) is 25.2 Å². The minimum absolute atomic E-state index is 0.584. The highest BCUT2D eigenvalue weighted by atomic mass is 35.5. The van der Waals surface area contributed by atoms with Crippen molar-refractivity contribution in [3.63, 3.8) is 0 Å². The summed E-state index contributed by atoms with van der Waals surface area (Å²) in [6.07, 6.45) is 7.09. The van der Waals surface area contributed by atoms with Crippen molar-refractivity contribution >= 4 is 51.6 Å². The van der Waals surface area contributed by atoms with Crippen molar-refractivity contribution in [1.82, 2.24) is 24.7 Å². The number of nitrogens with zero attached hydrogens (tertiary/aromatic N) is 6. The molecular formula is C27H23Cl2N7. The predicted octanol–water partition coefficient (Wildman–Crippen LogP) is 6.92. The number of nitrogens with one attached hydrogen (secondary N) is 1. The van der Waals surface area contributed by atoms with E-state index in [0.29, 0.717) is 26.9 Å². The molecule has 0 amide bonds. The fourth-order valence-electron chi connectivity index (χ4n) is 4.56. The molecule has 0 aliphatic carbocycles. The number of benzene rings is 2. The number of para-hydroxylation sites is 1. The van der Waals surface area contributed by atoms with Gasteiger partial charge in [0.15, 0.2) is 11.3 Å². The van der Waals surface area contributed by atoms with E-state index < -0.39 is 0 Å². The van der Waals surface area contributed by atoms with Gasteiger partial charge < -0.3 is 10.2 Å². The average molecular weight is 516 g/mol. The monoisotopic (exact) mass is 515 g/mol. The third-order valence-electron chi connectivity index (χ3n) is 6.35. The summed E-state index contributed by atoms with van der Waals surface area (Å²) in [5.74, 6) is 1.59. The summed E-state index contributed by atoms with van der Waals surface area (Å²) < 4.78 is 1.81. The molecule has 1 aliphatic heterocycles. The van der Waals surface area contributed by atoms with Crippen LogP contribution >= 0.6 is 23.2 Å². The molecule has 2 aromatic carbocycles. The molecule has 36 heavy (non-hydrogen) atoms. The van der Waals surface area contributed by atoms with Crippen LogP contribution in [0.2, 0.25) is 10.0 Å². The number of pyridine rings is 1. The van der Waals surface area contributed by atoms with Gasteiger partial charge in [-0.1, -0.05) is 47.5 Å². The lowest BCUT2D eigenvalue weighted by Gasteiger charge is -2.27. The summed E-state index contributed by atoms with van der Waals surface area (Å²) in [7, 11) is 0. The number of anilines is 3. The Morgan fingerprint density at radius 1 is 0.778 bits per heavy atom. The van der Waals surface area contributed by atoms with Crippen LogP contribution in [-0.4, -0.2) is 37.8 Å². The molecule has 4 heterocycles. The molecule has 0 unspecified atom stereocenters. The molecule has 5 aromatic rings. The van der Waals surface area contributed by atoms with Crippen LogP contribution < -0.4 is 10.2 Å². The highest BCUT2D eigenvalue weighted by Gasteiger charge is 2.21. The number of halogens is 2. The molecule has 180 valence electrons. The van der Waals surface area contributed by atoms with Crippen LogP contribution in [0.4, 0.5) is 17.3 Å². The topological polar surface area (TPSA) is 71.8 Å². The Hall–Kier alpha value is -3.68. The lowest BCUT2D eigenvalue weighted by Crippen LogP contribution is -2.29. The Kier molecular flexibility index (Phi) is 6.17. The van der Waals surface area contributed by atoms with Crippen LogP contribution in [-0.2, 0) is 0 Å². The predicted molar refractivity (Wildman–Crippen MR) is 146 cm³/mol. The van der Waals surface area contributed by atoms with Crippen molar-refractivity contribution < 1.29 is 0 Å². The molecule has 1 aliphatic rings. The number of piperidine rings is 1. The minimum atomic E-state index is 0.584. The van der Waals surface area contributed by atoms with Gasteiger partial charge in [0.25, 0.3) is 0 Å². The SMILES string of the molecule is Clc1ccc(-c2c3ncnc(Nc4ccc(N5CCCCC5)nc4)c3nn2-c2ccccc2Cl)cc1. The lowest BCUT2D eigenvalue weighted by molar-refractivity contribution is 0.573. The first-order chi connectivity index (χ1) is 17.7. The van der Waals surface area contributed by atoms with E-state index in [0.717, 1.165) is 41.5 Å². The van der Waals surface area contributed by atoms with E-state index in [1.165, 1.54) is 25.6 Å². The van der Waals surface area contributed by atoms with Crippen molar-refractivity contribution in [3.05, 3.63) is 83.2 Å². The number of aromatic nitrogens is 5. The molecule has 0 spiro atoms. The molecule has 6 rings (SSSR count).